The van der Waals surface area contributed by atoms with Gasteiger partial charge in [0.1, 0.15) is 4.88 Å². The molecule has 0 spiro atoms. The van der Waals surface area contributed by atoms with E-state index in [1.165, 1.54) is 7.11 Å². The van der Waals surface area contributed by atoms with Gasteiger partial charge in [-0.2, -0.15) is 0 Å². The summed E-state index contributed by atoms with van der Waals surface area (Å²) < 4.78 is 9.96. The van der Waals surface area contributed by atoms with E-state index in [1.54, 1.807) is 12.1 Å². The van der Waals surface area contributed by atoms with Gasteiger partial charge in [0.2, 0.25) is 5.91 Å². The molecular weight excluding hydrogens is 406 g/mol. The van der Waals surface area contributed by atoms with Crippen molar-refractivity contribution in [3.8, 4) is 0 Å². The Kier molecular flexibility index (Phi) is 7.95. The minimum absolute atomic E-state index is 0.0448. The summed E-state index contributed by atoms with van der Waals surface area (Å²) in [5, 5.41) is 5.73. The van der Waals surface area contributed by atoms with Gasteiger partial charge in [-0.05, 0) is 29.8 Å². The maximum absolute atomic E-state index is 12.3. The third kappa shape index (κ3) is 6.38. The summed E-state index contributed by atoms with van der Waals surface area (Å²) in [5.41, 5.74) is 1.55. The number of anilines is 1. The molecule has 0 unspecified atom stereocenters. The van der Waals surface area contributed by atoms with E-state index >= 15 is 0 Å². The molecule has 0 saturated carbocycles. The number of ether oxygens (including phenoxy) is 2. The van der Waals surface area contributed by atoms with Crippen LogP contribution in [0.25, 0.3) is 0 Å². The summed E-state index contributed by atoms with van der Waals surface area (Å²) in [7, 11) is 1.30. The molecule has 1 fully saturated rings. The van der Waals surface area contributed by atoms with Gasteiger partial charge in [0, 0.05) is 38.3 Å². The molecule has 1 aromatic heterocycles. The molecule has 2 heterocycles. The number of carbonyl (C=O) groups is 3. The first kappa shape index (κ1) is 21.9. The van der Waals surface area contributed by atoms with Crippen molar-refractivity contribution >= 4 is 34.8 Å². The van der Waals surface area contributed by atoms with Crippen LogP contribution in [-0.2, 0) is 20.8 Å². The maximum Gasteiger partial charge on any atom is 0.348 e. The van der Waals surface area contributed by atoms with Crippen molar-refractivity contribution in [2.24, 2.45) is 0 Å². The summed E-state index contributed by atoms with van der Waals surface area (Å²) >= 11 is 1.08. The van der Waals surface area contributed by atoms with Crippen molar-refractivity contribution in [1.82, 2.24) is 10.2 Å². The zero-order valence-electron chi connectivity index (χ0n) is 16.8. The number of carbonyl (C=O) groups excluding carboxylic acids is 3. The van der Waals surface area contributed by atoms with E-state index < -0.39 is 5.97 Å². The molecule has 1 saturated heterocycles. The topological polar surface area (TPSA) is 97.0 Å². The standard InChI is InChI=1S/C21H25N3O5S/c1-28-21(27)18-6-5-17(30-18)20(26)22-14-15-3-2-4-16(13-15)23-19(25)7-8-24-9-11-29-12-10-24/h2-6,13H,7-12,14H2,1H3,(H,22,26)(H,23,25). The largest absolute Gasteiger partial charge is 0.465 e. The minimum atomic E-state index is -0.462. The molecule has 0 atom stereocenters. The SMILES string of the molecule is COC(=O)c1ccc(C(=O)NCc2cccc(NC(=O)CCN3CCOCC3)c2)s1. The van der Waals surface area contributed by atoms with Gasteiger partial charge in [0.15, 0.2) is 0 Å². The molecule has 9 heteroatoms. The number of methoxy groups -OCH3 is 1. The molecule has 1 aliphatic heterocycles. The Morgan fingerprint density at radius 1 is 1.13 bits per heavy atom. The fourth-order valence-corrected chi connectivity index (χ4v) is 3.85. The number of thiophene rings is 1. The van der Waals surface area contributed by atoms with Gasteiger partial charge in [-0.1, -0.05) is 12.1 Å². The predicted molar refractivity (Wildman–Crippen MR) is 114 cm³/mol. The number of amides is 2. The van der Waals surface area contributed by atoms with Crippen LogP contribution in [0.15, 0.2) is 36.4 Å². The lowest BCUT2D eigenvalue weighted by atomic mass is 10.2. The van der Waals surface area contributed by atoms with Crippen molar-refractivity contribution in [2.75, 3.05) is 45.3 Å². The Hall–Kier alpha value is -2.75. The monoisotopic (exact) mass is 431 g/mol. The second-order valence-electron chi connectivity index (χ2n) is 6.79. The van der Waals surface area contributed by atoms with Crippen molar-refractivity contribution < 1.29 is 23.9 Å². The Bertz CT molecular complexity index is 892. The van der Waals surface area contributed by atoms with E-state index in [0.29, 0.717) is 48.2 Å². The summed E-state index contributed by atoms with van der Waals surface area (Å²) in [6.45, 7) is 4.15. The molecular formula is C21H25N3O5S. The van der Waals surface area contributed by atoms with Crippen LogP contribution in [0, 0.1) is 0 Å². The van der Waals surface area contributed by atoms with Gasteiger partial charge in [-0.3, -0.25) is 14.5 Å². The Labute approximate surface area is 179 Å². The van der Waals surface area contributed by atoms with E-state index in [4.69, 9.17) is 4.74 Å². The number of benzene rings is 1. The van der Waals surface area contributed by atoms with Gasteiger partial charge < -0.3 is 20.1 Å². The molecule has 3 rings (SSSR count). The quantitative estimate of drug-likeness (QED) is 0.622. The fraction of sp³-hybridized carbons (Fsp3) is 0.381. The normalized spacial score (nSPS) is 14.2. The average Bonchev–Trinajstić information content (AvgIpc) is 3.27. The number of rotatable bonds is 8. The number of nitrogens with zero attached hydrogens (tertiary/aromatic N) is 1. The van der Waals surface area contributed by atoms with Gasteiger partial charge in [0.05, 0.1) is 25.2 Å². The Balaban J connectivity index is 1.47. The van der Waals surface area contributed by atoms with E-state index in [-0.39, 0.29) is 11.8 Å². The molecule has 0 aliphatic carbocycles. The molecule has 0 bridgehead atoms. The second kappa shape index (κ2) is 10.9. The number of nitrogens with one attached hydrogen (secondary N) is 2. The van der Waals surface area contributed by atoms with Crippen molar-refractivity contribution in [3.63, 3.8) is 0 Å². The predicted octanol–water partition coefficient (Wildman–Crippen LogP) is 2.13. The lowest BCUT2D eigenvalue weighted by molar-refractivity contribution is -0.116. The van der Waals surface area contributed by atoms with Crippen LogP contribution in [0.4, 0.5) is 5.69 Å². The smallest absolute Gasteiger partial charge is 0.348 e. The minimum Gasteiger partial charge on any atom is -0.465 e. The number of hydrogen-bond acceptors (Lipinski definition) is 7. The molecule has 1 aromatic carbocycles. The van der Waals surface area contributed by atoms with Crippen LogP contribution < -0.4 is 10.6 Å². The molecule has 160 valence electrons. The third-order valence-electron chi connectivity index (χ3n) is 4.64. The number of esters is 1. The summed E-state index contributed by atoms with van der Waals surface area (Å²) in [6.07, 6.45) is 0.419. The lowest BCUT2D eigenvalue weighted by Gasteiger charge is -2.26. The summed E-state index contributed by atoms with van der Waals surface area (Å²) in [6, 6.07) is 10.5. The lowest BCUT2D eigenvalue weighted by Crippen LogP contribution is -2.38. The van der Waals surface area contributed by atoms with Gasteiger partial charge >= 0.3 is 5.97 Å². The highest BCUT2D eigenvalue weighted by atomic mass is 32.1. The van der Waals surface area contributed by atoms with E-state index in [9.17, 15) is 14.4 Å². The fourth-order valence-electron chi connectivity index (χ4n) is 3.01. The summed E-state index contributed by atoms with van der Waals surface area (Å²) in [4.78, 5) is 39.1. The molecule has 8 nitrogen and oxygen atoms in total. The Morgan fingerprint density at radius 3 is 2.67 bits per heavy atom. The first-order valence-electron chi connectivity index (χ1n) is 9.70. The third-order valence-corrected chi connectivity index (χ3v) is 5.70. The highest BCUT2D eigenvalue weighted by Gasteiger charge is 2.14. The first-order valence-corrected chi connectivity index (χ1v) is 10.5. The van der Waals surface area contributed by atoms with E-state index in [2.05, 4.69) is 20.3 Å². The first-order chi connectivity index (χ1) is 14.5. The van der Waals surface area contributed by atoms with E-state index in [0.717, 1.165) is 30.0 Å². The zero-order valence-corrected chi connectivity index (χ0v) is 17.6. The average molecular weight is 432 g/mol. The second-order valence-corrected chi connectivity index (χ2v) is 7.87. The number of hydrogen-bond donors (Lipinski definition) is 2. The Morgan fingerprint density at radius 2 is 1.90 bits per heavy atom. The highest BCUT2D eigenvalue weighted by Crippen LogP contribution is 2.18. The molecule has 2 N–H and O–H groups in total. The number of morpholine rings is 1. The van der Waals surface area contributed by atoms with Crippen molar-refractivity contribution in [2.45, 2.75) is 13.0 Å². The van der Waals surface area contributed by atoms with Gasteiger partial charge in [-0.15, -0.1) is 11.3 Å². The van der Waals surface area contributed by atoms with Crippen LogP contribution in [0.2, 0.25) is 0 Å². The van der Waals surface area contributed by atoms with Crippen LogP contribution in [0.3, 0.4) is 0 Å². The molecule has 0 radical (unpaired) electrons. The van der Waals surface area contributed by atoms with Crippen LogP contribution >= 0.6 is 11.3 Å². The zero-order chi connectivity index (χ0) is 21.3. The van der Waals surface area contributed by atoms with Crippen LogP contribution in [0.5, 0.6) is 0 Å². The van der Waals surface area contributed by atoms with Crippen LogP contribution in [0.1, 0.15) is 31.3 Å². The van der Waals surface area contributed by atoms with Crippen molar-refractivity contribution in [1.29, 1.82) is 0 Å². The molecule has 2 amide bonds. The molecule has 2 aromatic rings. The van der Waals surface area contributed by atoms with Gasteiger partial charge in [-0.25, -0.2) is 4.79 Å². The van der Waals surface area contributed by atoms with E-state index in [1.807, 2.05) is 24.3 Å². The highest BCUT2D eigenvalue weighted by molar-refractivity contribution is 7.15. The van der Waals surface area contributed by atoms with Gasteiger partial charge in [0.25, 0.3) is 5.91 Å². The summed E-state index contributed by atoms with van der Waals surface area (Å²) in [5.74, 6) is -0.775. The molecule has 30 heavy (non-hydrogen) atoms. The molecule has 1 aliphatic rings. The maximum atomic E-state index is 12.3. The van der Waals surface area contributed by atoms with Crippen LogP contribution in [-0.4, -0.2) is 62.6 Å². The van der Waals surface area contributed by atoms with Crippen molar-refractivity contribution in [3.05, 3.63) is 51.7 Å².